The highest BCUT2D eigenvalue weighted by molar-refractivity contribution is 9.10. The van der Waals surface area contributed by atoms with Crippen LogP contribution in [0.4, 0.5) is 5.95 Å². The monoisotopic (exact) mass is 423 g/mol. The zero-order valence-corrected chi connectivity index (χ0v) is 15.8. The first-order valence-electron chi connectivity index (χ1n) is 8.07. The summed E-state index contributed by atoms with van der Waals surface area (Å²) >= 11 is 3.46. The van der Waals surface area contributed by atoms with Crippen molar-refractivity contribution >= 4 is 38.7 Å². The highest BCUT2D eigenvalue weighted by Gasteiger charge is 2.16. The largest absolute Gasteiger partial charge is 0.466 e. The quantitative estimate of drug-likeness (QED) is 0.516. The smallest absolute Gasteiger partial charge is 0.336 e. The van der Waals surface area contributed by atoms with Gasteiger partial charge in [-0.15, -0.1) is 5.10 Å². The number of aromatic amines is 1. The number of carbonyl (C=O) groups is 1. The lowest BCUT2D eigenvalue weighted by molar-refractivity contribution is 0.102. The summed E-state index contributed by atoms with van der Waals surface area (Å²) in [6, 6.07) is 17.3. The van der Waals surface area contributed by atoms with E-state index in [1.165, 1.54) is 7.11 Å². The molecule has 0 saturated heterocycles. The van der Waals surface area contributed by atoms with Gasteiger partial charge in [0.2, 0.25) is 5.95 Å². The maximum absolute atomic E-state index is 12.9. The number of amides is 1. The minimum Gasteiger partial charge on any atom is -0.466 e. The zero-order chi connectivity index (χ0) is 18.8. The fraction of sp³-hybridized carbons (Fsp3) is 0.0526. The summed E-state index contributed by atoms with van der Waals surface area (Å²) in [5.74, 6) is -0.110. The second kappa shape index (κ2) is 7.16. The van der Waals surface area contributed by atoms with Crippen molar-refractivity contribution < 1.29 is 9.53 Å². The number of fused-ring (bicyclic) bond motifs is 1. The number of ether oxygens (including phenoxy) is 1. The molecule has 0 fully saturated rings. The minimum absolute atomic E-state index is 0.152. The number of H-pyrrole nitrogens is 1. The lowest BCUT2D eigenvalue weighted by Gasteiger charge is -2.10. The Balaban J connectivity index is 1.81. The molecule has 0 radical (unpaired) electrons. The van der Waals surface area contributed by atoms with Gasteiger partial charge in [-0.25, -0.2) is 10.1 Å². The Labute approximate surface area is 162 Å². The summed E-state index contributed by atoms with van der Waals surface area (Å²) < 4.78 is 5.81. The van der Waals surface area contributed by atoms with Gasteiger partial charge in [0.25, 0.3) is 5.91 Å². The van der Waals surface area contributed by atoms with E-state index in [1.54, 1.807) is 6.07 Å². The molecule has 0 unspecified atom stereocenters. The Hall–Kier alpha value is -3.26. The molecular formula is C19H14BrN5O2. The number of pyridine rings is 1. The normalized spacial score (nSPS) is 10.7. The minimum atomic E-state index is -0.319. The van der Waals surface area contributed by atoms with Crippen molar-refractivity contribution in [3.63, 3.8) is 0 Å². The third kappa shape index (κ3) is 3.52. The molecule has 1 amide bonds. The van der Waals surface area contributed by atoms with Crippen LogP contribution in [0.1, 0.15) is 10.4 Å². The number of nitrogens with one attached hydrogen (secondary N) is 2. The Kier molecular flexibility index (Phi) is 4.55. The highest BCUT2D eigenvalue weighted by Crippen LogP contribution is 2.27. The maximum Gasteiger partial charge on any atom is 0.336 e. The van der Waals surface area contributed by atoms with E-state index in [0.717, 1.165) is 15.4 Å². The predicted octanol–water partition coefficient (Wildman–Crippen LogP) is 4.04. The molecule has 0 aliphatic heterocycles. The van der Waals surface area contributed by atoms with Crippen LogP contribution in [0.2, 0.25) is 0 Å². The molecule has 8 heteroatoms. The lowest BCUT2D eigenvalue weighted by atomic mass is 10.0. The van der Waals surface area contributed by atoms with Gasteiger partial charge < -0.3 is 4.74 Å². The standard InChI is InChI=1S/C19H14BrN5O2/c1-27-19-23-18(24-25-19)22-17(26)14-10-15(11-5-3-2-4-6-11)21-16-9-12(20)7-8-13(14)16/h2-10H,1H3,(H2,22,23,24,25,26). The molecule has 2 aromatic carbocycles. The molecule has 0 aliphatic rings. The van der Waals surface area contributed by atoms with Crippen LogP contribution < -0.4 is 10.1 Å². The van der Waals surface area contributed by atoms with Crippen LogP contribution in [0.5, 0.6) is 6.01 Å². The van der Waals surface area contributed by atoms with Crippen LogP contribution >= 0.6 is 15.9 Å². The Morgan fingerprint density at radius 3 is 2.67 bits per heavy atom. The summed E-state index contributed by atoms with van der Waals surface area (Å²) in [4.78, 5) is 21.6. The van der Waals surface area contributed by atoms with E-state index < -0.39 is 0 Å². The Morgan fingerprint density at radius 2 is 1.93 bits per heavy atom. The summed E-state index contributed by atoms with van der Waals surface area (Å²) in [5.41, 5.74) is 2.84. The molecule has 7 nitrogen and oxygen atoms in total. The van der Waals surface area contributed by atoms with E-state index in [9.17, 15) is 4.79 Å². The van der Waals surface area contributed by atoms with Crippen molar-refractivity contribution in [3.05, 3.63) is 64.6 Å². The second-order valence-electron chi connectivity index (χ2n) is 5.71. The number of methoxy groups -OCH3 is 1. The molecule has 2 aromatic heterocycles. The van der Waals surface area contributed by atoms with E-state index in [4.69, 9.17) is 9.72 Å². The highest BCUT2D eigenvalue weighted by atomic mass is 79.9. The summed E-state index contributed by atoms with van der Waals surface area (Å²) in [7, 11) is 1.45. The van der Waals surface area contributed by atoms with Gasteiger partial charge in [0.05, 0.1) is 23.9 Å². The van der Waals surface area contributed by atoms with Crippen molar-refractivity contribution in [2.45, 2.75) is 0 Å². The third-order valence-electron chi connectivity index (χ3n) is 3.97. The molecule has 0 atom stereocenters. The van der Waals surface area contributed by atoms with Crippen molar-refractivity contribution in [3.8, 4) is 17.3 Å². The Bertz CT molecular complexity index is 1130. The van der Waals surface area contributed by atoms with Gasteiger partial charge in [0, 0.05) is 15.4 Å². The average Bonchev–Trinajstić information content (AvgIpc) is 3.15. The number of rotatable bonds is 4. The number of halogens is 1. The summed E-state index contributed by atoms with van der Waals surface area (Å²) in [5, 5.41) is 9.90. The molecule has 0 spiro atoms. The van der Waals surface area contributed by atoms with Crippen molar-refractivity contribution in [2.24, 2.45) is 0 Å². The van der Waals surface area contributed by atoms with Crippen LogP contribution in [-0.4, -0.2) is 33.2 Å². The van der Waals surface area contributed by atoms with Gasteiger partial charge in [-0.1, -0.05) is 52.3 Å². The van der Waals surface area contributed by atoms with E-state index in [2.05, 4.69) is 36.4 Å². The van der Waals surface area contributed by atoms with Gasteiger partial charge in [-0.3, -0.25) is 10.1 Å². The third-order valence-corrected chi connectivity index (χ3v) is 4.46. The number of aromatic nitrogens is 4. The van der Waals surface area contributed by atoms with Gasteiger partial charge >= 0.3 is 6.01 Å². The van der Waals surface area contributed by atoms with Gasteiger partial charge in [0.15, 0.2) is 0 Å². The van der Waals surface area contributed by atoms with Gasteiger partial charge in [0.1, 0.15) is 0 Å². The molecule has 4 aromatic rings. The summed E-state index contributed by atoms with van der Waals surface area (Å²) in [6.07, 6.45) is 0. The van der Waals surface area contributed by atoms with Crippen molar-refractivity contribution in [1.82, 2.24) is 20.2 Å². The molecule has 0 saturated carbocycles. The number of benzene rings is 2. The molecule has 2 heterocycles. The van der Waals surface area contributed by atoms with E-state index >= 15 is 0 Å². The molecule has 4 rings (SSSR count). The molecule has 0 aliphatic carbocycles. The number of anilines is 1. The number of hydrogen-bond donors (Lipinski definition) is 2. The first-order chi connectivity index (χ1) is 13.1. The fourth-order valence-electron chi connectivity index (χ4n) is 2.71. The number of nitrogens with zero attached hydrogens (tertiary/aromatic N) is 3. The first kappa shape index (κ1) is 17.2. The number of carbonyl (C=O) groups excluding carboxylic acids is 1. The molecule has 27 heavy (non-hydrogen) atoms. The second-order valence-corrected chi connectivity index (χ2v) is 6.62. The van der Waals surface area contributed by atoms with Crippen LogP contribution in [-0.2, 0) is 0 Å². The van der Waals surface area contributed by atoms with Gasteiger partial charge in [-0.2, -0.15) is 4.98 Å². The zero-order valence-electron chi connectivity index (χ0n) is 14.2. The molecular weight excluding hydrogens is 410 g/mol. The average molecular weight is 424 g/mol. The SMILES string of the molecule is COc1n[nH]c(NC(=O)c2cc(-c3ccccc3)nc3cc(Br)ccc23)n1. The van der Waals surface area contributed by atoms with E-state index in [0.29, 0.717) is 16.8 Å². The van der Waals surface area contributed by atoms with Crippen LogP contribution in [0.15, 0.2) is 59.1 Å². The van der Waals surface area contributed by atoms with Gasteiger partial charge in [-0.05, 0) is 18.2 Å². The number of hydrogen-bond acceptors (Lipinski definition) is 5. The first-order valence-corrected chi connectivity index (χ1v) is 8.87. The summed E-state index contributed by atoms with van der Waals surface area (Å²) in [6.45, 7) is 0. The van der Waals surface area contributed by atoms with Crippen LogP contribution in [0, 0.1) is 0 Å². The Morgan fingerprint density at radius 1 is 1.11 bits per heavy atom. The van der Waals surface area contributed by atoms with Crippen molar-refractivity contribution in [1.29, 1.82) is 0 Å². The van der Waals surface area contributed by atoms with Crippen LogP contribution in [0.3, 0.4) is 0 Å². The predicted molar refractivity (Wildman–Crippen MR) is 106 cm³/mol. The van der Waals surface area contributed by atoms with Crippen molar-refractivity contribution in [2.75, 3.05) is 12.4 Å². The fourth-order valence-corrected chi connectivity index (χ4v) is 3.06. The molecule has 134 valence electrons. The van der Waals surface area contributed by atoms with Crippen LogP contribution in [0.25, 0.3) is 22.2 Å². The topological polar surface area (TPSA) is 92.8 Å². The maximum atomic E-state index is 12.9. The van der Waals surface area contributed by atoms with E-state index in [1.807, 2.05) is 48.5 Å². The molecule has 2 N–H and O–H groups in total. The molecule has 0 bridgehead atoms. The lowest BCUT2D eigenvalue weighted by Crippen LogP contribution is -2.14. The van der Waals surface area contributed by atoms with E-state index in [-0.39, 0.29) is 17.9 Å².